The molecule has 3 heterocycles. The predicted octanol–water partition coefficient (Wildman–Crippen LogP) is 14.9. The van der Waals surface area contributed by atoms with Crippen LogP contribution in [0.2, 0.25) is 0 Å². The summed E-state index contributed by atoms with van der Waals surface area (Å²) in [7, 11) is -1.44. The van der Waals surface area contributed by atoms with Crippen molar-refractivity contribution in [1.82, 2.24) is 5.32 Å². The van der Waals surface area contributed by atoms with E-state index in [1.165, 1.54) is 62.8 Å². The van der Waals surface area contributed by atoms with Crippen molar-refractivity contribution in [2.24, 2.45) is 0 Å². The third kappa shape index (κ3) is 29.4. The number of aldehydes is 1. The molecule has 11 nitrogen and oxygen atoms in total. The summed E-state index contributed by atoms with van der Waals surface area (Å²) in [5.74, 6) is 3.99. The molecule has 0 bridgehead atoms. The summed E-state index contributed by atoms with van der Waals surface area (Å²) in [4.78, 5) is 21.8. The van der Waals surface area contributed by atoms with Crippen LogP contribution in [-0.2, 0) is 189 Å². The number of benzene rings is 7. The van der Waals surface area contributed by atoms with Crippen LogP contribution in [0.15, 0.2) is 199 Å². The minimum atomic E-state index is -1.44. The van der Waals surface area contributed by atoms with E-state index in [4.69, 9.17) is 38.8 Å². The van der Waals surface area contributed by atoms with Crippen LogP contribution >= 0.6 is 0 Å². The number of Topliss-reactive ketones (excluding diaryl/α,β-unsaturated/α-hetero) is 1. The maximum atomic E-state index is 11.2. The molecule has 1 aliphatic carbocycles. The number of aryl methyl sites for hydroxylation is 5. The number of hydrogen-bond donors (Lipinski definition) is 4. The van der Waals surface area contributed by atoms with Crippen LogP contribution in [0.3, 0.4) is 0 Å². The molecule has 3 unspecified atom stereocenters. The molecule has 7 aromatic carbocycles. The summed E-state index contributed by atoms with van der Waals surface area (Å²) in [6, 6.07) is 56.8. The fraction of sp³-hybridized carbons (Fsp3) is 0.282. The van der Waals surface area contributed by atoms with Crippen molar-refractivity contribution in [3.63, 3.8) is 0 Å². The number of nitrogens with one attached hydrogen (secondary N) is 1. The van der Waals surface area contributed by atoms with Gasteiger partial charge in [-0.3, -0.25) is 4.79 Å². The molecule has 0 fully saturated rings. The second-order valence-corrected chi connectivity index (χ2v) is 22.1. The van der Waals surface area contributed by atoms with Crippen LogP contribution in [0, 0.1) is 65.8 Å². The van der Waals surface area contributed by atoms with Crippen LogP contribution in [-0.4, -0.2) is 65.9 Å². The molecule has 4 N–H and O–H groups in total. The maximum Gasteiger partial charge on any atom is 0.483 e. The van der Waals surface area contributed by atoms with Gasteiger partial charge in [0.05, 0.1) is 31.9 Å². The Morgan fingerprint density at radius 3 is 1.61 bits per heavy atom. The molecular weight excluding hydrogens is 1480 g/mol. The number of carbonyl (C=O) groups excluding carboxylic acids is 2. The molecule has 0 saturated heterocycles. The van der Waals surface area contributed by atoms with E-state index in [1.807, 2.05) is 100 Å². The van der Waals surface area contributed by atoms with Crippen molar-refractivity contribution in [3.8, 4) is 17.2 Å². The van der Waals surface area contributed by atoms with Crippen molar-refractivity contribution in [2.45, 2.75) is 132 Å². The molecule has 0 amide bonds. The normalized spacial score (nSPS) is 15.5. The summed E-state index contributed by atoms with van der Waals surface area (Å²) in [5, 5.41) is 28.9. The second kappa shape index (κ2) is 47.6. The van der Waals surface area contributed by atoms with Crippen LogP contribution < -0.4 is 19.5 Å². The molecule has 482 valence electrons. The SMILES string of the molecule is C/C=C/C1CCc2c[c-]c(C)c(C)c2O1.CC1=C(C)C(=O)C(=CO)C=[C-]1.Cc1[c-]cc2c(c1C)OC(C=O)CC2.Cc1[c-]cc2c(c1C)OC(COCc1ccccc1)C=C2.OB(O)/C=C/OCCc1ccccc1.[Y].[Y].[Y].[Y].c1ccc(CNCc2ccccc2)cc1. The number of aliphatic hydroxyl groups is 1. The number of rotatable bonds is 15. The first-order chi connectivity index (χ1) is 43.6. The van der Waals surface area contributed by atoms with Gasteiger partial charge in [-0.15, -0.1) is 39.5 Å². The molecule has 16 heteroatoms. The van der Waals surface area contributed by atoms with Crippen LogP contribution in [0.1, 0.15) is 106 Å². The number of allylic oxidation sites excluding steroid dienone is 6. The zero-order valence-electron chi connectivity index (χ0n) is 55.9. The Kier molecular flexibility index (Phi) is 43.4. The van der Waals surface area contributed by atoms with Crippen LogP contribution in [0.5, 0.6) is 17.2 Å². The largest absolute Gasteiger partial charge is 0.528 e. The standard InChI is InChI=1S/C19H19O2.C14H15N.C14H17O.C12H13O2.C10H13BO3.C9H9O2.4Y/c1-14-8-9-17-10-11-18(21-19(17)15(14)2)13-20-12-16-6-4-3-5-7-16;1-3-7-13(8-4-1)11-15-12-14-9-5-2-6-10-14;1-4-5-13-9-8-12-7-6-10(2)11(3)14(12)15-13;1-8-3-4-10-5-6-11(7-13)14-12(10)9(8)2;12-11(13)7-9-14-8-6-10-4-2-1-3-5-10;1-6-3-4-8(5-10)9(11)7(6)2;;;;/h3-7,9-11,18H,12-13H2,1-2H3;1-10,15H,11-12H2;4-5,7,13H,8-9H2,1-3H3;4,7,11H,5-6H2,1-2H3;1-5,7,9,12-13H,6,8H2;4-5,10H,1-2H3;;;;/q-1;;2*-1;;-1;;;;/b;;5-4+;;9-7+;;;;;. The summed E-state index contributed by atoms with van der Waals surface area (Å²) >= 11 is 0. The second-order valence-electron chi connectivity index (χ2n) is 22.1. The van der Waals surface area contributed by atoms with Crippen LogP contribution in [0.4, 0.5) is 0 Å². The number of aliphatic hydroxyl groups excluding tert-OH is 1. The number of carbonyl (C=O) groups is 2. The van der Waals surface area contributed by atoms with E-state index < -0.39 is 7.12 Å². The Labute approximate surface area is 660 Å². The van der Waals surface area contributed by atoms with Crippen molar-refractivity contribution >= 4 is 25.3 Å². The van der Waals surface area contributed by atoms with E-state index in [-0.39, 0.29) is 155 Å². The van der Waals surface area contributed by atoms with E-state index in [1.54, 1.807) is 6.92 Å². The summed E-state index contributed by atoms with van der Waals surface area (Å²) in [6.07, 6.45) is 20.3. The van der Waals surface area contributed by atoms with Crippen LogP contribution in [0.25, 0.3) is 6.08 Å². The first-order valence-corrected chi connectivity index (χ1v) is 30.6. The summed E-state index contributed by atoms with van der Waals surface area (Å²) in [6.45, 7) is 21.5. The fourth-order valence-corrected chi connectivity index (χ4v) is 9.51. The van der Waals surface area contributed by atoms with E-state index in [2.05, 4.69) is 148 Å². The number of hydrogen-bond acceptors (Lipinski definition) is 11. The van der Waals surface area contributed by atoms with E-state index in [0.717, 1.165) is 108 Å². The molecule has 4 aliphatic rings. The summed E-state index contributed by atoms with van der Waals surface area (Å²) < 4.78 is 28.4. The zero-order valence-corrected chi connectivity index (χ0v) is 67.2. The quantitative estimate of drug-likeness (QED) is 0.0148. The molecule has 0 saturated carbocycles. The van der Waals surface area contributed by atoms with Gasteiger partial charge in [0, 0.05) is 174 Å². The van der Waals surface area contributed by atoms with Crippen molar-refractivity contribution in [2.75, 3.05) is 13.2 Å². The molecule has 0 aromatic heterocycles. The first kappa shape index (κ1) is 85.7. The molecule has 7 aromatic rings. The average Bonchev–Trinajstić information content (AvgIpc) is 0.856. The molecule has 94 heavy (non-hydrogen) atoms. The Hall–Kier alpha value is -4.36. The minimum Gasteiger partial charge on any atom is -0.528 e. The third-order valence-corrected chi connectivity index (χ3v) is 15.4. The molecule has 0 spiro atoms. The zero-order chi connectivity index (χ0) is 64.6. The minimum absolute atomic E-state index is 0. The molecule has 3 atom stereocenters. The van der Waals surface area contributed by atoms with Gasteiger partial charge in [-0.05, 0) is 54.1 Å². The third-order valence-electron chi connectivity index (χ3n) is 15.4. The van der Waals surface area contributed by atoms with Crippen molar-refractivity contribution < 1.29 is 179 Å². The number of ketones is 1. The van der Waals surface area contributed by atoms with Gasteiger partial charge in [-0.25, -0.2) is 0 Å². The Balaban J connectivity index is 0.000000385. The van der Waals surface area contributed by atoms with E-state index >= 15 is 0 Å². The van der Waals surface area contributed by atoms with Gasteiger partial charge < -0.3 is 49.0 Å². The Bertz CT molecular complexity index is 3520. The first-order valence-electron chi connectivity index (χ1n) is 30.6. The molecular formula is C78H86BNO10Y4-4. The fourth-order valence-electron chi connectivity index (χ4n) is 9.51. The van der Waals surface area contributed by atoms with Gasteiger partial charge in [-0.2, -0.15) is 70.8 Å². The van der Waals surface area contributed by atoms with Gasteiger partial charge in [0.25, 0.3) is 0 Å². The smallest absolute Gasteiger partial charge is 0.483 e. The summed E-state index contributed by atoms with van der Waals surface area (Å²) in [5.41, 5.74) is 17.3. The number of ether oxygens (including phenoxy) is 5. The molecule has 11 rings (SSSR count). The monoisotopic (exact) mass is 1560 g/mol. The number of fused-ring (bicyclic) bond motifs is 3. The van der Waals surface area contributed by atoms with Crippen molar-refractivity contribution in [1.29, 1.82) is 0 Å². The van der Waals surface area contributed by atoms with Gasteiger partial charge in [-0.1, -0.05) is 213 Å². The Morgan fingerprint density at radius 1 is 0.628 bits per heavy atom. The van der Waals surface area contributed by atoms with E-state index in [9.17, 15) is 9.59 Å². The molecule has 4 radical (unpaired) electrons. The van der Waals surface area contributed by atoms with Gasteiger partial charge in [0.2, 0.25) is 0 Å². The van der Waals surface area contributed by atoms with E-state index in [0.29, 0.717) is 31.0 Å². The van der Waals surface area contributed by atoms with Gasteiger partial charge in [0.15, 0.2) is 6.29 Å². The predicted molar refractivity (Wildman–Crippen MR) is 361 cm³/mol. The maximum absolute atomic E-state index is 11.2. The molecule has 3 aliphatic heterocycles. The van der Waals surface area contributed by atoms with Crippen molar-refractivity contribution in [3.05, 3.63) is 296 Å². The average molecular weight is 1560 g/mol. The van der Waals surface area contributed by atoms with Gasteiger partial charge >= 0.3 is 7.12 Å². The topological polar surface area (TPSA) is 153 Å². The van der Waals surface area contributed by atoms with Gasteiger partial charge in [0.1, 0.15) is 18.3 Å². The Morgan fingerprint density at radius 2 is 1.11 bits per heavy atom.